The van der Waals surface area contributed by atoms with Crippen molar-refractivity contribution in [3.8, 4) is 6.07 Å². The van der Waals surface area contributed by atoms with E-state index >= 15 is 0 Å². The second-order valence-corrected chi connectivity index (χ2v) is 6.16. The summed E-state index contributed by atoms with van der Waals surface area (Å²) in [7, 11) is 0. The van der Waals surface area contributed by atoms with Crippen LogP contribution in [-0.4, -0.2) is 18.4 Å². The molecule has 0 unspecified atom stereocenters. The molecule has 2 amide bonds. The minimum atomic E-state index is -0.912. The number of carbonyl (C=O) groups is 2. The third kappa shape index (κ3) is 3.64. The number of anilines is 1. The first-order valence-electron chi connectivity index (χ1n) is 7.58. The van der Waals surface area contributed by atoms with Crippen molar-refractivity contribution in [2.24, 2.45) is 11.3 Å². The first-order chi connectivity index (χ1) is 10.5. The van der Waals surface area contributed by atoms with Crippen LogP contribution >= 0.6 is 0 Å². The summed E-state index contributed by atoms with van der Waals surface area (Å²) in [5.74, 6) is 0.0708. The van der Waals surface area contributed by atoms with Crippen LogP contribution in [0.25, 0.3) is 0 Å². The molecule has 0 aromatic heterocycles. The van der Waals surface area contributed by atoms with Crippen molar-refractivity contribution in [1.82, 2.24) is 5.32 Å². The molecule has 1 aromatic rings. The molecule has 5 heteroatoms. The molecule has 5 nitrogen and oxygen atoms in total. The van der Waals surface area contributed by atoms with E-state index in [1.54, 1.807) is 24.3 Å². The van der Waals surface area contributed by atoms with Crippen LogP contribution in [0.2, 0.25) is 0 Å². The number of benzene rings is 1. The fourth-order valence-electron chi connectivity index (χ4n) is 2.20. The molecule has 22 heavy (non-hydrogen) atoms. The number of amides is 2. The number of rotatable bonds is 6. The van der Waals surface area contributed by atoms with Crippen molar-refractivity contribution < 1.29 is 9.59 Å². The van der Waals surface area contributed by atoms with Crippen molar-refractivity contribution in [2.45, 2.75) is 33.1 Å². The molecule has 0 atom stereocenters. The highest BCUT2D eigenvalue weighted by Crippen LogP contribution is 2.46. The van der Waals surface area contributed by atoms with Crippen molar-refractivity contribution in [1.29, 1.82) is 5.26 Å². The summed E-state index contributed by atoms with van der Waals surface area (Å²) in [5, 5.41) is 14.4. The molecule has 1 fully saturated rings. The van der Waals surface area contributed by atoms with Gasteiger partial charge in [-0.3, -0.25) is 9.59 Å². The molecule has 0 saturated heterocycles. The first-order valence-corrected chi connectivity index (χ1v) is 7.58. The molecule has 1 aliphatic carbocycles. The maximum Gasteiger partial charge on any atom is 0.240 e. The van der Waals surface area contributed by atoms with E-state index in [0.29, 0.717) is 36.6 Å². The zero-order valence-corrected chi connectivity index (χ0v) is 13.0. The van der Waals surface area contributed by atoms with Crippen LogP contribution in [0.4, 0.5) is 5.69 Å². The predicted octanol–water partition coefficient (Wildman–Crippen LogP) is 2.44. The summed E-state index contributed by atoms with van der Waals surface area (Å²) in [4.78, 5) is 24.6. The SMILES string of the molecule is CC(C)CCNC(=O)C1(C(=O)Nc2ccc(C#N)cc2)CC1. The van der Waals surface area contributed by atoms with Gasteiger partial charge in [-0.05, 0) is 49.4 Å². The van der Waals surface area contributed by atoms with Gasteiger partial charge in [0.15, 0.2) is 0 Å². The second kappa shape index (κ2) is 6.61. The second-order valence-electron chi connectivity index (χ2n) is 6.16. The zero-order valence-electron chi connectivity index (χ0n) is 13.0. The van der Waals surface area contributed by atoms with Crippen LogP contribution in [0.1, 0.15) is 38.7 Å². The standard InChI is InChI=1S/C17H21N3O2/c1-12(2)7-10-19-15(21)17(8-9-17)16(22)20-14-5-3-13(11-18)4-6-14/h3-6,12H,7-10H2,1-2H3,(H,19,21)(H,20,22). The molecule has 0 heterocycles. The van der Waals surface area contributed by atoms with Crippen molar-refractivity contribution in [3.63, 3.8) is 0 Å². The minimum absolute atomic E-state index is 0.181. The fraction of sp³-hybridized carbons (Fsp3) is 0.471. The smallest absolute Gasteiger partial charge is 0.240 e. The van der Waals surface area contributed by atoms with Gasteiger partial charge in [-0.2, -0.15) is 5.26 Å². The van der Waals surface area contributed by atoms with E-state index in [1.165, 1.54) is 0 Å². The Balaban J connectivity index is 1.93. The molecule has 2 N–H and O–H groups in total. The van der Waals surface area contributed by atoms with E-state index < -0.39 is 5.41 Å². The van der Waals surface area contributed by atoms with Gasteiger partial charge in [0, 0.05) is 12.2 Å². The molecule has 1 saturated carbocycles. The number of nitrogens with one attached hydrogen (secondary N) is 2. The summed E-state index contributed by atoms with van der Waals surface area (Å²) < 4.78 is 0. The highest BCUT2D eigenvalue weighted by atomic mass is 16.2. The third-order valence-corrected chi connectivity index (χ3v) is 3.90. The molecular weight excluding hydrogens is 278 g/mol. The summed E-state index contributed by atoms with van der Waals surface area (Å²) in [6.45, 7) is 4.79. The van der Waals surface area contributed by atoms with Crippen LogP contribution in [-0.2, 0) is 9.59 Å². The van der Waals surface area contributed by atoms with Gasteiger partial charge in [0.2, 0.25) is 11.8 Å². The van der Waals surface area contributed by atoms with E-state index in [4.69, 9.17) is 5.26 Å². The monoisotopic (exact) mass is 299 g/mol. The molecule has 1 aromatic carbocycles. The molecule has 0 aliphatic heterocycles. The Morgan fingerprint density at radius 3 is 2.36 bits per heavy atom. The first kappa shape index (κ1) is 16.0. The number of hydrogen-bond donors (Lipinski definition) is 2. The summed E-state index contributed by atoms with van der Waals surface area (Å²) >= 11 is 0. The van der Waals surface area contributed by atoms with E-state index in [0.717, 1.165) is 6.42 Å². The van der Waals surface area contributed by atoms with Gasteiger partial charge in [-0.25, -0.2) is 0 Å². The average molecular weight is 299 g/mol. The lowest BCUT2D eigenvalue weighted by molar-refractivity contribution is -0.134. The molecule has 0 radical (unpaired) electrons. The largest absolute Gasteiger partial charge is 0.355 e. The Morgan fingerprint density at radius 1 is 1.23 bits per heavy atom. The van der Waals surface area contributed by atoms with Gasteiger partial charge >= 0.3 is 0 Å². The number of carbonyl (C=O) groups excluding carboxylic acids is 2. The van der Waals surface area contributed by atoms with Crippen LogP contribution in [0.5, 0.6) is 0 Å². The molecule has 0 bridgehead atoms. The Hall–Kier alpha value is -2.35. The molecular formula is C17H21N3O2. The van der Waals surface area contributed by atoms with Gasteiger partial charge < -0.3 is 10.6 Å². The topological polar surface area (TPSA) is 82.0 Å². The Kier molecular flexibility index (Phi) is 4.81. The van der Waals surface area contributed by atoms with E-state index in [2.05, 4.69) is 24.5 Å². The zero-order chi connectivity index (χ0) is 16.2. The minimum Gasteiger partial charge on any atom is -0.355 e. The Morgan fingerprint density at radius 2 is 1.86 bits per heavy atom. The Bertz CT molecular complexity index is 595. The lowest BCUT2D eigenvalue weighted by Crippen LogP contribution is -2.40. The van der Waals surface area contributed by atoms with Gasteiger partial charge in [0.1, 0.15) is 5.41 Å². The average Bonchev–Trinajstić information content (AvgIpc) is 3.29. The summed E-state index contributed by atoms with van der Waals surface area (Å²) in [5.41, 5.74) is 0.223. The summed E-state index contributed by atoms with van der Waals surface area (Å²) in [6.07, 6.45) is 2.07. The normalized spacial score (nSPS) is 15.0. The highest BCUT2D eigenvalue weighted by Gasteiger charge is 2.56. The fourth-order valence-corrected chi connectivity index (χ4v) is 2.20. The van der Waals surface area contributed by atoms with Gasteiger partial charge in [0.05, 0.1) is 11.6 Å². The van der Waals surface area contributed by atoms with Crippen LogP contribution in [0.3, 0.4) is 0 Å². The lowest BCUT2D eigenvalue weighted by atomic mass is 10.0. The maximum atomic E-state index is 12.4. The number of hydrogen-bond acceptors (Lipinski definition) is 3. The molecule has 2 rings (SSSR count). The third-order valence-electron chi connectivity index (χ3n) is 3.90. The summed E-state index contributed by atoms with van der Waals surface area (Å²) in [6, 6.07) is 8.64. The van der Waals surface area contributed by atoms with Crippen molar-refractivity contribution >= 4 is 17.5 Å². The van der Waals surface area contributed by atoms with Crippen LogP contribution in [0, 0.1) is 22.7 Å². The van der Waals surface area contributed by atoms with E-state index in [-0.39, 0.29) is 11.8 Å². The van der Waals surface area contributed by atoms with E-state index in [1.807, 2.05) is 6.07 Å². The van der Waals surface area contributed by atoms with Crippen LogP contribution in [0.15, 0.2) is 24.3 Å². The van der Waals surface area contributed by atoms with Crippen molar-refractivity contribution in [3.05, 3.63) is 29.8 Å². The van der Waals surface area contributed by atoms with E-state index in [9.17, 15) is 9.59 Å². The van der Waals surface area contributed by atoms with Gasteiger partial charge in [-0.15, -0.1) is 0 Å². The van der Waals surface area contributed by atoms with Gasteiger partial charge in [-0.1, -0.05) is 13.8 Å². The Labute approximate surface area is 130 Å². The molecule has 116 valence electrons. The molecule has 0 spiro atoms. The molecule has 1 aliphatic rings. The van der Waals surface area contributed by atoms with Gasteiger partial charge in [0.25, 0.3) is 0 Å². The quantitative estimate of drug-likeness (QED) is 0.791. The predicted molar refractivity (Wildman–Crippen MR) is 83.9 cm³/mol. The number of nitriles is 1. The van der Waals surface area contributed by atoms with Crippen LogP contribution < -0.4 is 10.6 Å². The maximum absolute atomic E-state index is 12.4. The highest BCUT2D eigenvalue weighted by molar-refractivity contribution is 6.13. The lowest BCUT2D eigenvalue weighted by Gasteiger charge is -2.16. The number of nitrogens with zero attached hydrogens (tertiary/aromatic N) is 1. The van der Waals surface area contributed by atoms with Crippen molar-refractivity contribution in [2.75, 3.05) is 11.9 Å².